The van der Waals surface area contributed by atoms with Gasteiger partial charge in [0, 0.05) is 18.8 Å². The van der Waals surface area contributed by atoms with Crippen LogP contribution in [-0.4, -0.2) is 17.2 Å². The van der Waals surface area contributed by atoms with Crippen molar-refractivity contribution in [2.24, 2.45) is 5.73 Å². The van der Waals surface area contributed by atoms with Crippen LogP contribution in [-0.2, 0) is 6.54 Å². The van der Waals surface area contributed by atoms with Crippen molar-refractivity contribution in [1.82, 2.24) is 4.57 Å². The first-order valence-corrected chi connectivity index (χ1v) is 6.26. The molecule has 0 aliphatic heterocycles. The smallest absolute Gasteiger partial charge is 0.292 e. The molecule has 0 aromatic carbocycles. The molecular weight excluding hydrogens is 216 g/mol. The molecule has 0 radical (unpaired) electrons. The number of ether oxygens (including phenoxy) is 1. The molecule has 0 aliphatic rings. The van der Waals surface area contributed by atoms with E-state index in [4.69, 9.17) is 10.5 Å². The quantitative estimate of drug-likeness (QED) is 0.736. The second-order valence-electron chi connectivity index (χ2n) is 4.20. The van der Waals surface area contributed by atoms with Crippen molar-refractivity contribution in [3.63, 3.8) is 0 Å². The molecule has 1 aromatic rings. The van der Waals surface area contributed by atoms with Crippen molar-refractivity contribution in [2.45, 2.75) is 45.7 Å². The van der Waals surface area contributed by atoms with Crippen LogP contribution in [0.5, 0.6) is 5.75 Å². The number of rotatable bonds is 7. The van der Waals surface area contributed by atoms with Crippen LogP contribution in [0.1, 0.15) is 33.1 Å². The molecule has 4 heteroatoms. The fourth-order valence-corrected chi connectivity index (χ4v) is 1.48. The summed E-state index contributed by atoms with van der Waals surface area (Å²) in [5, 5.41) is 0. The number of pyridine rings is 1. The first-order chi connectivity index (χ1) is 8.19. The first kappa shape index (κ1) is 13.8. The van der Waals surface area contributed by atoms with E-state index in [0.717, 1.165) is 19.3 Å². The second kappa shape index (κ2) is 7.12. The molecule has 0 amide bonds. The van der Waals surface area contributed by atoms with Crippen LogP contribution in [0, 0.1) is 0 Å². The first-order valence-electron chi connectivity index (χ1n) is 6.26. The number of hydrogen-bond donors (Lipinski definition) is 1. The van der Waals surface area contributed by atoms with Crippen LogP contribution in [0.15, 0.2) is 23.1 Å². The van der Waals surface area contributed by atoms with E-state index in [0.29, 0.717) is 18.9 Å². The van der Waals surface area contributed by atoms with Gasteiger partial charge in [0.2, 0.25) is 0 Å². The van der Waals surface area contributed by atoms with Crippen LogP contribution in [0.2, 0.25) is 0 Å². The van der Waals surface area contributed by atoms with Gasteiger partial charge in [0.25, 0.3) is 5.56 Å². The van der Waals surface area contributed by atoms with E-state index in [-0.39, 0.29) is 11.6 Å². The van der Waals surface area contributed by atoms with E-state index >= 15 is 0 Å². The summed E-state index contributed by atoms with van der Waals surface area (Å²) in [6.45, 7) is 5.24. The van der Waals surface area contributed by atoms with Gasteiger partial charge in [-0.05, 0) is 25.0 Å². The minimum atomic E-state index is -0.0903. The number of aromatic nitrogens is 1. The van der Waals surface area contributed by atoms with Gasteiger partial charge in [-0.25, -0.2) is 0 Å². The van der Waals surface area contributed by atoms with Gasteiger partial charge in [-0.3, -0.25) is 4.79 Å². The van der Waals surface area contributed by atoms with Gasteiger partial charge < -0.3 is 15.0 Å². The third kappa shape index (κ3) is 4.23. The number of nitrogens with zero attached hydrogens (tertiary/aromatic N) is 1. The molecule has 0 saturated carbocycles. The summed E-state index contributed by atoms with van der Waals surface area (Å²) in [6.07, 6.45) is 4.63. The fourth-order valence-electron chi connectivity index (χ4n) is 1.48. The molecular formula is C13H22N2O2. The molecule has 1 atom stereocenters. The number of nitrogens with two attached hydrogens (primary N) is 1. The van der Waals surface area contributed by atoms with Crippen LogP contribution < -0.4 is 16.0 Å². The Morgan fingerprint density at radius 2 is 2.24 bits per heavy atom. The molecule has 96 valence electrons. The zero-order valence-corrected chi connectivity index (χ0v) is 10.7. The molecule has 0 fully saturated rings. The van der Waals surface area contributed by atoms with E-state index in [2.05, 4.69) is 6.92 Å². The fraction of sp³-hybridized carbons (Fsp3) is 0.615. The molecule has 1 rings (SSSR count). The summed E-state index contributed by atoms with van der Waals surface area (Å²) in [5.41, 5.74) is 5.75. The van der Waals surface area contributed by atoms with Crippen molar-refractivity contribution >= 4 is 0 Å². The van der Waals surface area contributed by atoms with Crippen LogP contribution in [0.4, 0.5) is 0 Å². The highest BCUT2D eigenvalue weighted by Gasteiger charge is 2.06. The largest absolute Gasteiger partial charge is 0.488 e. The lowest BCUT2D eigenvalue weighted by Crippen LogP contribution is -2.31. The predicted molar refractivity (Wildman–Crippen MR) is 69.4 cm³/mol. The van der Waals surface area contributed by atoms with Crippen LogP contribution >= 0.6 is 0 Å². The maximum absolute atomic E-state index is 12.0. The van der Waals surface area contributed by atoms with Gasteiger partial charge in [0.05, 0.1) is 6.61 Å². The molecule has 0 bridgehead atoms. The Kier molecular flexibility index (Phi) is 5.77. The minimum Gasteiger partial charge on any atom is -0.488 e. The Morgan fingerprint density at radius 3 is 2.88 bits per heavy atom. The summed E-state index contributed by atoms with van der Waals surface area (Å²) in [7, 11) is 0. The number of hydrogen-bond acceptors (Lipinski definition) is 3. The van der Waals surface area contributed by atoms with Crippen LogP contribution in [0.3, 0.4) is 0 Å². The lowest BCUT2D eigenvalue weighted by molar-refractivity contribution is 0.302. The highest BCUT2D eigenvalue weighted by Crippen LogP contribution is 2.04. The third-order valence-electron chi connectivity index (χ3n) is 2.70. The standard InChI is InChI=1S/C13H22N2O2/c1-3-5-9-17-12-7-6-8-15(13(12)16)10-11(14)4-2/h6-8,11H,3-5,9-10,14H2,1-2H3. The molecule has 2 N–H and O–H groups in total. The molecule has 1 unspecified atom stereocenters. The number of unbranched alkanes of at least 4 members (excludes halogenated alkanes) is 1. The Bertz CT molecular complexity index is 387. The van der Waals surface area contributed by atoms with Crippen LogP contribution in [0.25, 0.3) is 0 Å². The van der Waals surface area contributed by atoms with E-state index in [1.807, 2.05) is 13.0 Å². The highest BCUT2D eigenvalue weighted by atomic mass is 16.5. The molecule has 4 nitrogen and oxygen atoms in total. The van der Waals surface area contributed by atoms with Gasteiger partial charge in [-0.15, -0.1) is 0 Å². The highest BCUT2D eigenvalue weighted by molar-refractivity contribution is 5.17. The summed E-state index contributed by atoms with van der Waals surface area (Å²) in [5.74, 6) is 0.421. The van der Waals surface area contributed by atoms with E-state index in [1.54, 1.807) is 16.8 Å². The maximum atomic E-state index is 12.0. The van der Waals surface area contributed by atoms with Gasteiger partial charge in [0.1, 0.15) is 0 Å². The van der Waals surface area contributed by atoms with Crippen molar-refractivity contribution < 1.29 is 4.74 Å². The summed E-state index contributed by atoms with van der Waals surface area (Å²) in [6, 6.07) is 3.55. The zero-order chi connectivity index (χ0) is 12.7. The van der Waals surface area contributed by atoms with Crippen molar-refractivity contribution in [1.29, 1.82) is 0 Å². The molecule has 1 aromatic heterocycles. The van der Waals surface area contributed by atoms with E-state index in [9.17, 15) is 4.79 Å². The predicted octanol–water partition coefficient (Wildman–Crippen LogP) is 1.76. The Hall–Kier alpha value is -1.29. The topological polar surface area (TPSA) is 57.2 Å². The molecule has 0 aliphatic carbocycles. The summed E-state index contributed by atoms with van der Waals surface area (Å²) >= 11 is 0. The lowest BCUT2D eigenvalue weighted by atomic mass is 10.2. The SMILES string of the molecule is CCCCOc1cccn(CC(N)CC)c1=O. The third-order valence-corrected chi connectivity index (χ3v) is 2.70. The molecule has 0 spiro atoms. The average Bonchev–Trinajstić information content (AvgIpc) is 2.34. The van der Waals surface area contributed by atoms with E-state index < -0.39 is 0 Å². The molecule has 0 saturated heterocycles. The van der Waals surface area contributed by atoms with Gasteiger partial charge in [-0.2, -0.15) is 0 Å². The summed E-state index contributed by atoms with van der Waals surface area (Å²) in [4.78, 5) is 12.0. The lowest BCUT2D eigenvalue weighted by Gasteiger charge is -2.12. The Morgan fingerprint density at radius 1 is 1.47 bits per heavy atom. The Labute approximate surface area is 102 Å². The summed E-state index contributed by atoms with van der Waals surface area (Å²) < 4.78 is 7.08. The van der Waals surface area contributed by atoms with Gasteiger partial charge >= 0.3 is 0 Å². The second-order valence-corrected chi connectivity index (χ2v) is 4.20. The Balaban J connectivity index is 2.73. The normalized spacial score (nSPS) is 12.4. The van der Waals surface area contributed by atoms with Gasteiger partial charge in [0.15, 0.2) is 5.75 Å². The maximum Gasteiger partial charge on any atom is 0.292 e. The van der Waals surface area contributed by atoms with Crippen molar-refractivity contribution in [3.8, 4) is 5.75 Å². The van der Waals surface area contributed by atoms with E-state index in [1.165, 1.54) is 0 Å². The average molecular weight is 238 g/mol. The molecule has 1 heterocycles. The van der Waals surface area contributed by atoms with Crippen molar-refractivity contribution in [2.75, 3.05) is 6.61 Å². The molecule has 17 heavy (non-hydrogen) atoms. The van der Waals surface area contributed by atoms with Gasteiger partial charge in [-0.1, -0.05) is 20.3 Å². The monoisotopic (exact) mass is 238 g/mol. The van der Waals surface area contributed by atoms with Crippen molar-refractivity contribution in [3.05, 3.63) is 28.7 Å². The zero-order valence-electron chi connectivity index (χ0n) is 10.7. The minimum absolute atomic E-state index is 0.0126.